The molecule has 1 aliphatic rings. The first-order valence-corrected chi connectivity index (χ1v) is 9.73. The van der Waals surface area contributed by atoms with Gasteiger partial charge in [-0.25, -0.2) is 14.8 Å². The number of imidazole rings is 1. The lowest BCUT2D eigenvalue weighted by Crippen LogP contribution is -2.30. The summed E-state index contributed by atoms with van der Waals surface area (Å²) in [6.07, 6.45) is 3.26. The first kappa shape index (κ1) is 17.2. The molecular weight excluding hydrogens is 380 g/mol. The summed E-state index contributed by atoms with van der Waals surface area (Å²) in [5.41, 5.74) is 4.13. The molecule has 4 aromatic heterocycles. The van der Waals surface area contributed by atoms with Crippen LogP contribution >= 0.6 is 11.7 Å². The van der Waals surface area contributed by atoms with Crippen molar-refractivity contribution in [1.29, 1.82) is 0 Å². The fourth-order valence-corrected chi connectivity index (χ4v) is 4.01. The van der Waals surface area contributed by atoms with Gasteiger partial charge in [0.2, 0.25) is 5.95 Å². The fourth-order valence-electron chi connectivity index (χ4n) is 3.53. The van der Waals surface area contributed by atoms with E-state index in [4.69, 9.17) is 4.74 Å². The van der Waals surface area contributed by atoms with Gasteiger partial charge in [0.25, 0.3) is 0 Å². The maximum Gasteiger partial charge on any atom is 0.330 e. The Morgan fingerprint density at radius 1 is 1.25 bits per heavy atom. The van der Waals surface area contributed by atoms with Crippen molar-refractivity contribution in [3.8, 4) is 0 Å². The minimum absolute atomic E-state index is 0.0773. The van der Waals surface area contributed by atoms with Crippen LogP contribution in [0.5, 0.6) is 0 Å². The van der Waals surface area contributed by atoms with Gasteiger partial charge in [0.05, 0.1) is 29.3 Å². The van der Waals surface area contributed by atoms with E-state index in [1.807, 2.05) is 13.0 Å². The Kier molecular flexibility index (Phi) is 4.05. The van der Waals surface area contributed by atoms with Crippen LogP contribution in [0.3, 0.4) is 0 Å². The molecule has 1 saturated heterocycles. The number of nitrogens with one attached hydrogen (secondary N) is 1. The molecule has 1 aliphatic heterocycles. The molecule has 4 aromatic rings. The van der Waals surface area contributed by atoms with Crippen LogP contribution in [0.1, 0.15) is 24.6 Å². The van der Waals surface area contributed by atoms with Crippen LogP contribution < -0.4 is 11.0 Å². The van der Waals surface area contributed by atoms with Crippen LogP contribution in [-0.4, -0.2) is 46.0 Å². The van der Waals surface area contributed by atoms with E-state index < -0.39 is 0 Å². The Labute approximate surface area is 163 Å². The largest absolute Gasteiger partial charge is 0.381 e. The van der Waals surface area contributed by atoms with Gasteiger partial charge in [-0.15, -0.1) is 0 Å². The van der Waals surface area contributed by atoms with Crippen LogP contribution in [-0.2, 0) is 11.8 Å². The monoisotopic (exact) mass is 398 g/mol. The summed E-state index contributed by atoms with van der Waals surface area (Å²) in [5.74, 6) is 0.409. The highest BCUT2D eigenvalue weighted by Gasteiger charge is 2.23. The summed E-state index contributed by atoms with van der Waals surface area (Å²) in [5, 5.41) is 3.21. The zero-order valence-electron chi connectivity index (χ0n) is 15.4. The summed E-state index contributed by atoms with van der Waals surface area (Å²) < 4.78 is 17.2. The summed E-state index contributed by atoms with van der Waals surface area (Å²) in [6, 6.07) is 1.96. The van der Waals surface area contributed by atoms with Gasteiger partial charge in [0, 0.05) is 26.3 Å². The molecule has 144 valence electrons. The third-order valence-corrected chi connectivity index (χ3v) is 5.61. The Hall–Kier alpha value is -2.92. The lowest BCUT2D eigenvalue weighted by Gasteiger charge is -2.22. The Balaban J connectivity index is 1.58. The molecule has 0 amide bonds. The molecule has 0 atom stereocenters. The van der Waals surface area contributed by atoms with E-state index in [0.29, 0.717) is 36.0 Å². The van der Waals surface area contributed by atoms with E-state index in [0.717, 1.165) is 41.5 Å². The van der Waals surface area contributed by atoms with Crippen molar-refractivity contribution in [3.05, 3.63) is 28.4 Å². The molecule has 28 heavy (non-hydrogen) atoms. The first-order valence-electron chi connectivity index (χ1n) is 9.00. The van der Waals surface area contributed by atoms with E-state index in [1.165, 1.54) is 0 Å². The Bertz CT molecular complexity index is 1240. The minimum atomic E-state index is -0.0823. The molecule has 5 rings (SSSR count). The molecule has 0 bridgehead atoms. The van der Waals surface area contributed by atoms with E-state index in [-0.39, 0.29) is 11.7 Å². The number of fused-ring (bicyclic) bond motifs is 2. The normalized spacial score (nSPS) is 15.5. The Morgan fingerprint density at radius 2 is 2.07 bits per heavy atom. The van der Waals surface area contributed by atoms with Crippen LogP contribution in [0.4, 0.5) is 11.6 Å². The second-order valence-corrected chi connectivity index (χ2v) is 7.34. The number of ether oxygens (including phenoxy) is 1. The van der Waals surface area contributed by atoms with E-state index in [9.17, 15) is 4.79 Å². The predicted octanol–water partition coefficient (Wildman–Crippen LogP) is 1.93. The number of aryl methyl sites for hydroxylation is 2. The Morgan fingerprint density at radius 3 is 2.89 bits per heavy atom. The van der Waals surface area contributed by atoms with Gasteiger partial charge in [0.15, 0.2) is 11.3 Å². The quantitative estimate of drug-likeness (QED) is 0.557. The third kappa shape index (κ3) is 2.74. The minimum Gasteiger partial charge on any atom is -0.381 e. The molecule has 0 spiro atoms. The van der Waals surface area contributed by atoms with Crippen LogP contribution in [0, 0.1) is 6.92 Å². The predicted molar refractivity (Wildman–Crippen MR) is 105 cm³/mol. The highest BCUT2D eigenvalue weighted by Crippen LogP contribution is 2.25. The van der Waals surface area contributed by atoms with Gasteiger partial charge < -0.3 is 10.1 Å². The highest BCUT2D eigenvalue weighted by molar-refractivity contribution is 7.00. The summed E-state index contributed by atoms with van der Waals surface area (Å²) in [7, 11) is 1.74. The van der Waals surface area contributed by atoms with Crippen molar-refractivity contribution in [3.63, 3.8) is 0 Å². The van der Waals surface area contributed by atoms with Crippen LogP contribution in [0.15, 0.2) is 17.1 Å². The molecule has 1 N–H and O–H groups in total. The van der Waals surface area contributed by atoms with Crippen molar-refractivity contribution in [2.45, 2.75) is 25.8 Å². The van der Waals surface area contributed by atoms with Gasteiger partial charge in [-0.2, -0.15) is 13.7 Å². The summed E-state index contributed by atoms with van der Waals surface area (Å²) in [4.78, 5) is 26.3. The van der Waals surface area contributed by atoms with Crippen LogP contribution in [0.25, 0.3) is 22.3 Å². The standard InChI is InChI=1S/C17H18N8O2S/c1-9-11(7-12-14(19-9)23-28-22-12)20-16-18-8-13-15(21-16)25(17(26)24(13)2)10-3-5-27-6-4-10/h7-8,10H,3-6H2,1-2H3,(H,18,20,21). The van der Waals surface area contributed by atoms with Crippen molar-refractivity contribution in [2.75, 3.05) is 18.5 Å². The number of pyridine rings is 1. The second kappa shape index (κ2) is 6.60. The van der Waals surface area contributed by atoms with Crippen molar-refractivity contribution >= 4 is 45.7 Å². The summed E-state index contributed by atoms with van der Waals surface area (Å²) in [6.45, 7) is 3.19. The van der Waals surface area contributed by atoms with Crippen LogP contribution in [0.2, 0.25) is 0 Å². The lowest BCUT2D eigenvalue weighted by atomic mass is 10.1. The SMILES string of the molecule is Cc1nc2nsnc2cc1Nc1ncc2c(n1)n(C1CCOCC1)c(=O)n2C. The lowest BCUT2D eigenvalue weighted by molar-refractivity contribution is 0.0695. The molecule has 0 radical (unpaired) electrons. The van der Waals surface area contributed by atoms with Crippen molar-refractivity contribution in [1.82, 2.24) is 32.8 Å². The van der Waals surface area contributed by atoms with Gasteiger partial charge in [-0.3, -0.25) is 9.13 Å². The molecular formula is C17H18N8O2S. The number of rotatable bonds is 3. The van der Waals surface area contributed by atoms with E-state index in [1.54, 1.807) is 22.4 Å². The molecule has 0 saturated carbocycles. The average Bonchev–Trinajstić information content (AvgIpc) is 3.25. The van der Waals surface area contributed by atoms with Crippen molar-refractivity contribution < 1.29 is 4.74 Å². The second-order valence-electron chi connectivity index (χ2n) is 6.81. The van der Waals surface area contributed by atoms with Gasteiger partial charge in [-0.1, -0.05) is 0 Å². The van der Waals surface area contributed by atoms with Crippen molar-refractivity contribution in [2.24, 2.45) is 7.05 Å². The van der Waals surface area contributed by atoms with E-state index >= 15 is 0 Å². The topological polar surface area (TPSA) is 113 Å². The number of hydrogen-bond acceptors (Lipinski definition) is 9. The summed E-state index contributed by atoms with van der Waals surface area (Å²) >= 11 is 1.13. The number of anilines is 2. The molecule has 10 nitrogen and oxygen atoms in total. The maximum absolute atomic E-state index is 12.8. The molecule has 0 aliphatic carbocycles. The number of nitrogens with zero attached hydrogens (tertiary/aromatic N) is 7. The zero-order valence-corrected chi connectivity index (χ0v) is 16.2. The smallest absolute Gasteiger partial charge is 0.330 e. The molecule has 0 unspecified atom stereocenters. The fraction of sp³-hybridized carbons (Fsp3) is 0.412. The number of hydrogen-bond donors (Lipinski definition) is 1. The van der Waals surface area contributed by atoms with Gasteiger partial charge >= 0.3 is 5.69 Å². The van der Waals surface area contributed by atoms with E-state index in [2.05, 4.69) is 29.0 Å². The number of aromatic nitrogens is 7. The van der Waals surface area contributed by atoms with Gasteiger partial charge in [0.1, 0.15) is 11.0 Å². The molecule has 11 heteroatoms. The average molecular weight is 398 g/mol. The molecule has 5 heterocycles. The maximum atomic E-state index is 12.8. The molecule has 1 fully saturated rings. The third-order valence-electron chi connectivity index (χ3n) is 5.08. The first-order chi connectivity index (χ1) is 13.6. The highest BCUT2D eigenvalue weighted by atomic mass is 32.1. The molecule has 0 aromatic carbocycles. The van der Waals surface area contributed by atoms with Gasteiger partial charge in [-0.05, 0) is 25.8 Å². The zero-order chi connectivity index (χ0) is 19.3.